The van der Waals surface area contributed by atoms with E-state index in [1.54, 1.807) is 6.20 Å². The predicted octanol–water partition coefficient (Wildman–Crippen LogP) is 0.955. The number of carbonyl (C=O) groups excluding carboxylic acids is 1. The zero-order valence-electron chi connectivity index (χ0n) is 11.8. The van der Waals surface area contributed by atoms with Gasteiger partial charge in [0.15, 0.2) is 0 Å². The van der Waals surface area contributed by atoms with Crippen molar-refractivity contribution in [1.82, 2.24) is 15.1 Å². The van der Waals surface area contributed by atoms with Gasteiger partial charge in [0.05, 0.1) is 30.6 Å². The maximum absolute atomic E-state index is 11.9. The van der Waals surface area contributed by atoms with Gasteiger partial charge >= 0.3 is 0 Å². The first-order valence-corrected chi connectivity index (χ1v) is 6.61. The lowest BCUT2D eigenvalue weighted by Crippen LogP contribution is -2.43. The van der Waals surface area contributed by atoms with E-state index in [1.807, 2.05) is 10.9 Å². The molecule has 1 aromatic heterocycles. The van der Waals surface area contributed by atoms with Crippen molar-refractivity contribution in [2.75, 3.05) is 25.1 Å². The summed E-state index contributed by atoms with van der Waals surface area (Å²) < 4.78 is 7.16. The number of morpholine rings is 1. The Morgan fingerprint density at radius 1 is 1.63 bits per heavy atom. The third kappa shape index (κ3) is 4.04. The van der Waals surface area contributed by atoms with Gasteiger partial charge in [-0.05, 0) is 20.8 Å². The summed E-state index contributed by atoms with van der Waals surface area (Å²) in [5, 5.41) is 10.4. The largest absolute Gasteiger partial charge is 0.378 e. The van der Waals surface area contributed by atoms with E-state index in [0.29, 0.717) is 13.0 Å². The van der Waals surface area contributed by atoms with Crippen LogP contribution in [0.25, 0.3) is 0 Å². The fraction of sp³-hybridized carbons (Fsp3) is 0.692. The fourth-order valence-corrected chi connectivity index (χ4v) is 1.94. The monoisotopic (exact) mass is 266 g/mol. The normalized spacial score (nSPS) is 20.3. The number of hydrogen-bond donors (Lipinski definition) is 2. The van der Waals surface area contributed by atoms with E-state index in [9.17, 15) is 4.79 Å². The first-order valence-electron chi connectivity index (χ1n) is 6.61. The van der Waals surface area contributed by atoms with Crippen LogP contribution in [0.2, 0.25) is 0 Å². The van der Waals surface area contributed by atoms with E-state index in [0.717, 1.165) is 18.8 Å². The zero-order chi connectivity index (χ0) is 13.9. The molecule has 0 aliphatic carbocycles. The SMILES string of the molecule is CC(C)(C)n1cc(NC(=O)CC2COCCN2)cn1. The summed E-state index contributed by atoms with van der Waals surface area (Å²) in [7, 11) is 0. The van der Waals surface area contributed by atoms with Gasteiger partial charge in [-0.15, -0.1) is 0 Å². The first-order chi connectivity index (χ1) is 8.95. The van der Waals surface area contributed by atoms with E-state index >= 15 is 0 Å². The average Bonchev–Trinajstić information content (AvgIpc) is 2.78. The highest BCUT2D eigenvalue weighted by molar-refractivity contribution is 5.90. The molecule has 2 rings (SSSR count). The molecule has 0 saturated carbocycles. The van der Waals surface area contributed by atoms with Crippen molar-refractivity contribution in [2.45, 2.75) is 38.8 Å². The van der Waals surface area contributed by atoms with Gasteiger partial charge in [0, 0.05) is 25.2 Å². The number of aromatic nitrogens is 2. The Hall–Kier alpha value is -1.40. The highest BCUT2D eigenvalue weighted by Gasteiger charge is 2.18. The highest BCUT2D eigenvalue weighted by Crippen LogP contribution is 2.16. The average molecular weight is 266 g/mol. The molecule has 1 aliphatic heterocycles. The Labute approximate surface area is 113 Å². The smallest absolute Gasteiger partial charge is 0.226 e. The molecule has 0 spiro atoms. The van der Waals surface area contributed by atoms with Gasteiger partial charge in [-0.25, -0.2) is 0 Å². The summed E-state index contributed by atoms with van der Waals surface area (Å²) in [5.74, 6) is -0.0172. The summed E-state index contributed by atoms with van der Waals surface area (Å²) in [5.41, 5.74) is 0.651. The van der Waals surface area contributed by atoms with Gasteiger partial charge in [0.2, 0.25) is 5.91 Å². The topological polar surface area (TPSA) is 68.2 Å². The molecule has 1 saturated heterocycles. The Morgan fingerprint density at radius 3 is 3.00 bits per heavy atom. The lowest BCUT2D eigenvalue weighted by Gasteiger charge is -2.23. The Bertz CT molecular complexity index is 430. The second-order valence-corrected chi connectivity index (χ2v) is 5.82. The van der Waals surface area contributed by atoms with E-state index in [1.165, 1.54) is 0 Å². The molecule has 6 heteroatoms. The molecule has 106 valence electrons. The van der Waals surface area contributed by atoms with E-state index in [2.05, 4.69) is 36.5 Å². The van der Waals surface area contributed by atoms with E-state index in [-0.39, 0.29) is 17.5 Å². The van der Waals surface area contributed by atoms with Gasteiger partial charge in [-0.2, -0.15) is 5.10 Å². The molecule has 1 amide bonds. The molecule has 1 fully saturated rings. The molecule has 6 nitrogen and oxygen atoms in total. The number of ether oxygens (including phenoxy) is 1. The van der Waals surface area contributed by atoms with Crippen LogP contribution in [0.4, 0.5) is 5.69 Å². The molecule has 2 heterocycles. The molecular weight excluding hydrogens is 244 g/mol. The van der Waals surface area contributed by atoms with Gasteiger partial charge in [-0.3, -0.25) is 9.48 Å². The summed E-state index contributed by atoms with van der Waals surface area (Å²) in [6, 6.07) is 0.103. The van der Waals surface area contributed by atoms with Crippen molar-refractivity contribution < 1.29 is 9.53 Å². The van der Waals surface area contributed by atoms with Crippen LogP contribution in [0, 0.1) is 0 Å². The van der Waals surface area contributed by atoms with Crippen molar-refractivity contribution in [2.24, 2.45) is 0 Å². The van der Waals surface area contributed by atoms with Crippen molar-refractivity contribution in [3.8, 4) is 0 Å². The number of rotatable bonds is 3. The second kappa shape index (κ2) is 5.71. The maximum Gasteiger partial charge on any atom is 0.226 e. The van der Waals surface area contributed by atoms with E-state index in [4.69, 9.17) is 4.74 Å². The first kappa shape index (κ1) is 14.0. The Balaban J connectivity index is 1.86. The van der Waals surface area contributed by atoms with Crippen LogP contribution >= 0.6 is 0 Å². The molecule has 19 heavy (non-hydrogen) atoms. The zero-order valence-corrected chi connectivity index (χ0v) is 11.8. The second-order valence-electron chi connectivity index (χ2n) is 5.82. The number of nitrogens with one attached hydrogen (secondary N) is 2. The maximum atomic E-state index is 11.9. The third-order valence-electron chi connectivity index (χ3n) is 2.98. The molecule has 1 atom stereocenters. The highest BCUT2D eigenvalue weighted by atomic mass is 16.5. The van der Waals surface area contributed by atoms with Crippen LogP contribution in [-0.4, -0.2) is 41.5 Å². The van der Waals surface area contributed by atoms with Crippen molar-refractivity contribution >= 4 is 11.6 Å². The molecule has 1 aromatic rings. The van der Waals surface area contributed by atoms with Crippen LogP contribution in [0.1, 0.15) is 27.2 Å². The third-order valence-corrected chi connectivity index (χ3v) is 2.98. The minimum Gasteiger partial charge on any atom is -0.378 e. The molecule has 0 radical (unpaired) electrons. The predicted molar refractivity (Wildman–Crippen MR) is 73.1 cm³/mol. The minimum absolute atomic E-state index is 0.0172. The van der Waals surface area contributed by atoms with Crippen molar-refractivity contribution in [1.29, 1.82) is 0 Å². The van der Waals surface area contributed by atoms with Gasteiger partial charge < -0.3 is 15.4 Å². The van der Waals surface area contributed by atoms with Crippen LogP contribution in [0.5, 0.6) is 0 Å². The number of carbonyl (C=O) groups is 1. The van der Waals surface area contributed by atoms with Crippen LogP contribution in [-0.2, 0) is 15.1 Å². The van der Waals surface area contributed by atoms with Gasteiger partial charge in [0.1, 0.15) is 0 Å². The molecule has 1 aliphatic rings. The summed E-state index contributed by atoms with van der Waals surface area (Å²) in [4.78, 5) is 11.9. The summed E-state index contributed by atoms with van der Waals surface area (Å²) in [6.07, 6.45) is 3.94. The van der Waals surface area contributed by atoms with Gasteiger partial charge in [0.25, 0.3) is 0 Å². The number of amides is 1. The summed E-state index contributed by atoms with van der Waals surface area (Å²) in [6.45, 7) is 8.31. The quantitative estimate of drug-likeness (QED) is 0.855. The molecular formula is C13H22N4O2. The van der Waals surface area contributed by atoms with Crippen molar-refractivity contribution in [3.63, 3.8) is 0 Å². The standard InChI is InChI=1S/C13H22N4O2/c1-13(2,3)17-8-11(7-15-17)16-12(18)6-10-9-19-5-4-14-10/h7-8,10,14H,4-6,9H2,1-3H3,(H,16,18). The van der Waals surface area contributed by atoms with Crippen LogP contribution in [0.15, 0.2) is 12.4 Å². The van der Waals surface area contributed by atoms with Crippen LogP contribution in [0.3, 0.4) is 0 Å². The molecule has 0 aromatic carbocycles. The van der Waals surface area contributed by atoms with Crippen molar-refractivity contribution in [3.05, 3.63) is 12.4 Å². The molecule has 2 N–H and O–H groups in total. The lowest BCUT2D eigenvalue weighted by atomic mass is 10.1. The van der Waals surface area contributed by atoms with Crippen LogP contribution < -0.4 is 10.6 Å². The number of nitrogens with zero attached hydrogens (tertiary/aromatic N) is 2. The number of hydrogen-bond acceptors (Lipinski definition) is 4. The van der Waals surface area contributed by atoms with Gasteiger partial charge in [-0.1, -0.05) is 0 Å². The number of anilines is 1. The molecule has 1 unspecified atom stereocenters. The Kier molecular flexibility index (Phi) is 4.21. The molecule has 0 bridgehead atoms. The minimum atomic E-state index is -0.0816. The Morgan fingerprint density at radius 2 is 2.42 bits per heavy atom. The lowest BCUT2D eigenvalue weighted by molar-refractivity contribution is -0.117. The fourth-order valence-electron chi connectivity index (χ4n) is 1.94. The van der Waals surface area contributed by atoms with E-state index < -0.39 is 0 Å². The summed E-state index contributed by atoms with van der Waals surface area (Å²) >= 11 is 0.